The van der Waals surface area contributed by atoms with E-state index in [0.29, 0.717) is 0 Å². The Balaban J connectivity index is -0.000000107. The summed E-state index contributed by atoms with van der Waals surface area (Å²) in [5.41, 5.74) is 0. The third kappa shape index (κ3) is 89.7. The van der Waals surface area contributed by atoms with Crippen LogP contribution >= 0.6 is 8.58 Å². The van der Waals surface area contributed by atoms with Crippen LogP contribution < -0.4 is 18.6 Å². The van der Waals surface area contributed by atoms with Crippen LogP contribution in [0.3, 0.4) is 0 Å². The monoisotopic (exact) mass is 386 g/mol. The Labute approximate surface area is 86.0 Å². The van der Waals surface area contributed by atoms with Gasteiger partial charge in [0.1, 0.15) is 0 Å². The van der Waals surface area contributed by atoms with Crippen LogP contribution in [0.4, 0.5) is 0 Å². The third-order valence-electron chi connectivity index (χ3n) is 0.500. The maximum atomic E-state index is 8.49. The summed E-state index contributed by atoms with van der Waals surface area (Å²) in [6.07, 6.45) is 2.74. The van der Waals surface area contributed by atoms with E-state index in [9.17, 15) is 0 Å². The number of hydrogen-bond donors (Lipinski definition) is 0. The maximum absolute atomic E-state index is 8.49. The topological polar surface area (TPSA) is 92.2 Å². The van der Waals surface area contributed by atoms with Crippen molar-refractivity contribution in [1.82, 2.24) is 0 Å². The molecule has 0 amide bonds. The van der Waals surface area contributed by atoms with Gasteiger partial charge in [0.15, 0.2) is 0 Å². The van der Waals surface area contributed by atoms with Crippen molar-refractivity contribution in [3.8, 4) is 0 Å². The van der Waals surface area contributed by atoms with Crippen molar-refractivity contribution in [2.45, 2.75) is 13.8 Å². The van der Waals surface area contributed by atoms with E-state index in [1.165, 1.54) is 20.9 Å². The van der Waals surface area contributed by atoms with E-state index in [2.05, 4.69) is 13.8 Å². The second-order valence-corrected chi connectivity index (χ2v) is 4.01. The minimum atomic E-state index is -4.94. The van der Waals surface area contributed by atoms with Crippen molar-refractivity contribution in [2.24, 2.45) is 0 Å². The molecule has 7 heteroatoms. The van der Waals surface area contributed by atoms with E-state index in [1.54, 1.807) is 0 Å². The smallest absolute Gasteiger partial charge is 0.222 e. The molecule has 0 saturated carbocycles. The Morgan fingerprint density at radius 1 is 1.00 bits per heavy atom. The molecule has 0 bridgehead atoms. The van der Waals surface area contributed by atoms with Gasteiger partial charge in [-0.25, -0.2) is 18.6 Å². The molecule has 0 aromatic rings. The number of hydrogen-bond acceptors (Lipinski definition) is 4. The van der Waals surface area contributed by atoms with Crippen LogP contribution in [0.5, 0.6) is 0 Å². The molecule has 0 aliphatic rings. The summed E-state index contributed by atoms with van der Waals surface area (Å²) in [6.45, 7) is 4.45. The van der Waals surface area contributed by atoms with Crippen LogP contribution in [-0.2, 0) is 22.4 Å². The van der Waals surface area contributed by atoms with Gasteiger partial charge in [-0.1, -0.05) is 13.8 Å². The van der Waals surface area contributed by atoms with Crippen LogP contribution in [0.15, 0.2) is 0 Å². The molecule has 4 nitrogen and oxygen atoms in total. The van der Waals surface area contributed by atoms with Gasteiger partial charge in [0.05, 0.1) is 0 Å². The fourth-order valence-corrected chi connectivity index (χ4v) is 0.750. The quantitative estimate of drug-likeness (QED) is 0.372. The van der Waals surface area contributed by atoms with Gasteiger partial charge in [-0.3, -0.25) is 0 Å². The Hall–Kier alpha value is 1.30. The van der Waals surface area contributed by atoms with Crippen molar-refractivity contribution in [3.05, 3.63) is 0 Å². The summed E-state index contributed by atoms with van der Waals surface area (Å²) in [5.74, 6) is 0. The van der Waals surface area contributed by atoms with Gasteiger partial charge in [-0.2, -0.15) is 0 Å². The normalized spacial score (nSPS) is 9.27. The van der Waals surface area contributed by atoms with Gasteiger partial charge >= 0.3 is 22.4 Å². The Morgan fingerprint density at radius 2 is 1.18 bits per heavy atom. The molecule has 0 spiro atoms. The van der Waals surface area contributed by atoms with E-state index in [1.807, 2.05) is 0 Å². The van der Waals surface area contributed by atoms with E-state index in [0.717, 1.165) is 0 Å². The molecule has 0 atom stereocenters. The van der Waals surface area contributed by atoms with Crippen molar-refractivity contribution in [1.29, 1.82) is 0 Å². The zero-order valence-electron chi connectivity index (χ0n) is 6.23. The average molecular weight is 387 g/mol. The standard InChI is InChI=1S/C4H11P.Au.ClHO4/c1-3-5-4-2;;2-1(3,4)5/h5H,3-4H2,1-2H3;;(H,2,3,4,5)/q;+1;/p-1. The molecule has 74 valence electrons. The molecule has 0 rings (SSSR count). The summed E-state index contributed by atoms with van der Waals surface area (Å²) >= 11 is 0. The van der Waals surface area contributed by atoms with Crippen molar-refractivity contribution < 1.29 is 51.3 Å². The Bertz CT molecular complexity index is 61.6. The number of halogens is 1. The summed E-state index contributed by atoms with van der Waals surface area (Å²) in [4.78, 5) is 0. The Kier molecular flexibility index (Phi) is 18.7. The predicted molar refractivity (Wildman–Crippen MR) is 29.4 cm³/mol. The van der Waals surface area contributed by atoms with Crippen LogP contribution in [0.2, 0.25) is 0 Å². The first-order chi connectivity index (χ1) is 4.41. The van der Waals surface area contributed by atoms with E-state index in [4.69, 9.17) is 18.6 Å². The predicted octanol–water partition coefficient (Wildman–Crippen LogP) is -3.05. The van der Waals surface area contributed by atoms with Gasteiger partial charge in [-0.15, -0.1) is 18.8 Å². The largest absolute Gasteiger partial charge is 1.00 e. The van der Waals surface area contributed by atoms with Crippen LogP contribution in [0.25, 0.3) is 0 Å². The maximum Gasteiger partial charge on any atom is 1.00 e. The van der Waals surface area contributed by atoms with E-state index >= 15 is 0 Å². The molecule has 0 saturated heterocycles. The SMILES string of the molecule is CCPCC.[Au+].[O-][Cl+3]([O-])([O-])[O-]. The summed E-state index contributed by atoms with van der Waals surface area (Å²) in [5, 5.41) is 0. The van der Waals surface area contributed by atoms with Crippen LogP contribution in [0, 0.1) is 10.2 Å². The second kappa shape index (κ2) is 11.3. The van der Waals surface area contributed by atoms with E-state index < -0.39 is 10.2 Å². The molecule has 0 fully saturated rings. The third-order valence-corrected chi connectivity index (χ3v) is 1.50. The Morgan fingerprint density at radius 3 is 1.18 bits per heavy atom. The molecule has 0 radical (unpaired) electrons. The summed E-state index contributed by atoms with van der Waals surface area (Å²) in [7, 11) is -3.75. The van der Waals surface area contributed by atoms with Crippen molar-refractivity contribution in [2.75, 3.05) is 12.3 Å². The molecule has 0 aromatic heterocycles. The van der Waals surface area contributed by atoms with E-state index in [-0.39, 0.29) is 22.4 Å². The first-order valence-electron chi connectivity index (χ1n) is 2.74. The summed E-state index contributed by atoms with van der Waals surface area (Å²) < 4.78 is 34.0. The molecule has 0 unspecified atom stereocenters. The van der Waals surface area contributed by atoms with Gasteiger partial charge in [0.25, 0.3) is 0 Å². The minimum Gasteiger partial charge on any atom is -0.222 e. The second-order valence-electron chi connectivity index (χ2n) is 1.34. The molecular weight excluding hydrogens is 375 g/mol. The van der Waals surface area contributed by atoms with Gasteiger partial charge in [0, 0.05) is 0 Å². The molecule has 0 aliphatic carbocycles. The van der Waals surface area contributed by atoms with Crippen LogP contribution in [-0.4, -0.2) is 12.3 Å². The number of rotatable bonds is 2. The summed E-state index contributed by atoms with van der Waals surface area (Å²) in [6, 6.07) is 0. The van der Waals surface area contributed by atoms with Gasteiger partial charge in [0.2, 0.25) is 0 Å². The van der Waals surface area contributed by atoms with Crippen molar-refractivity contribution in [3.63, 3.8) is 0 Å². The molecule has 0 aromatic carbocycles. The zero-order chi connectivity index (χ0) is 8.62. The molecule has 0 aliphatic heterocycles. The molecule has 0 N–H and O–H groups in total. The minimum absolute atomic E-state index is 0. The van der Waals surface area contributed by atoms with Gasteiger partial charge in [-0.05, 0) is 12.3 Å². The molecular formula is C4H11AuClO4P. The fourth-order valence-electron chi connectivity index (χ4n) is 0.250. The molecule has 11 heavy (non-hydrogen) atoms. The first kappa shape index (κ1) is 18.2. The zero-order valence-corrected chi connectivity index (χ0v) is 10.1. The molecule has 0 heterocycles. The van der Waals surface area contributed by atoms with Crippen molar-refractivity contribution >= 4 is 8.58 Å². The van der Waals surface area contributed by atoms with Crippen LogP contribution in [0.1, 0.15) is 13.8 Å². The fraction of sp³-hybridized carbons (Fsp3) is 1.00. The average Bonchev–Trinajstić information content (AvgIpc) is 1.63. The van der Waals surface area contributed by atoms with Gasteiger partial charge < -0.3 is 0 Å². The first-order valence-corrected chi connectivity index (χ1v) is 5.39.